The van der Waals surface area contributed by atoms with Gasteiger partial charge < -0.3 is 15.6 Å². The molecule has 1 heterocycles. The van der Waals surface area contributed by atoms with Crippen LogP contribution < -0.4 is 5.73 Å². The first-order valence-electron chi connectivity index (χ1n) is 4.58. The van der Waals surface area contributed by atoms with Crippen molar-refractivity contribution in [2.75, 3.05) is 12.3 Å². The smallest absolute Gasteiger partial charge is 0.341 e. The molecule has 1 aromatic heterocycles. The summed E-state index contributed by atoms with van der Waals surface area (Å²) in [7, 11) is 0. The Hall–Kier alpha value is -2.05. The summed E-state index contributed by atoms with van der Waals surface area (Å²) in [6.07, 6.45) is 0. The number of ether oxygens (including phenoxy) is 1. The largest absolute Gasteiger partial charge is 0.479 e. The van der Waals surface area contributed by atoms with Gasteiger partial charge in [-0.05, 0) is 13.8 Å². The summed E-state index contributed by atoms with van der Waals surface area (Å²) < 4.78 is 5.86. The lowest BCUT2D eigenvalue weighted by Crippen LogP contribution is -2.19. The number of hydrogen-bond acceptors (Lipinski definition) is 5. The van der Waals surface area contributed by atoms with Crippen LogP contribution in [0.25, 0.3) is 0 Å². The molecule has 7 nitrogen and oxygen atoms in total. The van der Waals surface area contributed by atoms with Gasteiger partial charge in [0.1, 0.15) is 6.54 Å². The van der Waals surface area contributed by atoms with E-state index in [0.29, 0.717) is 17.1 Å². The molecule has 0 unspecified atom stereocenters. The molecular formula is C9H13N3O4. The van der Waals surface area contributed by atoms with Crippen LogP contribution in [0.2, 0.25) is 0 Å². The minimum absolute atomic E-state index is 0.142. The van der Waals surface area contributed by atoms with E-state index in [4.69, 9.17) is 10.8 Å². The average Bonchev–Trinajstić information content (AvgIpc) is 2.43. The predicted octanol–water partition coefficient (Wildman–Crippen LogP) is -0.290. The van der Waals surface area contributed by atoms with Crippen LogP contribution in [0.4, 0.5) is 5.69 Å². The van der Waals surface area contributed by atoms with Crippen molar-refractivity contribution in [3.05, 3.63) is 11.4 Å². The number of carboxylic acid groups (broad SMARTS) is 1. The Labute approximate surface area is 91.8 Å². The molecule has 3 N–H and O–H groups in total. The monoisotopic (exact) mass is 227 g/mol. The number of nitrogens with two attached hydrogens (primary N) is 1. The number of carbonyl (C=O) groups is 2. The van der Waals surface area contributed by atoms with E-state index in [-0.39, 0.29) is 6.54 Å². The SMILES string of the molecule is Cc1nn(CC(=O)OCC(=O)O)c(C)c1N. The Morgan fingerprint density at radius 2 is 2.12 bits per heavy atom. The fourth-order valence-corrected chi connectivity index (χ4v) is 1.17. The zero-order valence-corrected chi connectivity index (χ0v) is 9.06. The fourth-order valence-electron chi connectivity index (χ4n) is 1.17. The molecule has 16 heavy (non-hydrogen) atoms. The summed E-state index contributed by atoms with van der Waals surface area (Å²) in [5, 5.41) is 12.3. The lowest BCUT2D eigenvalue weighted by atomic mass is 10.3. The maximum absolute atomic E-state index is 11.2. The molecule has 7 heteroatoms. The second-order valence-electron chi connectivity index (χ2n) is 3.30. The van der Waals surface area contributed by atoms with E-state index in [2.05, 4.69) is 9.84 Å². The van der Waals surface area contributed by atoms with Crippen LogP contribution >= 0.6 is 0 Å². The number of carbonyl (C=O) groups excluding carboxylic acids is 1. The van der Waals surface area contributed by atoms with Crippen molar-refractivity contribution in [3.8, 4) is 0 Å². The maximum atomic E-state index is 11.2. The van der Waals surface area contributed by atoms with Crippen LogP contribution in [0.1, 0.15) is 11.4 Å². The molecule has 0 radical (unpaired) electrons. The second kappa shape index (κ2) is 4.65. The standard InChI is InChI=1S/C9H13N3O4/c1-5-9(10)6(2)12(11-5)3-8(15)16-4-7(13)14/h3-4,10H2,1-2H3,(H,13,14). The summed E-state index contributed by atoms with van der Waals surface area (Å²) in [5.41, 5.74) is 7.48. The first kappa shape index (κ1) is 12.0. The molecule has 0 spiro atoms. The molecule has 0 fully saturated rings. The number of nitrogens with zero attached hydrogens (tertiary/aromatic N) is 2. The molecular weight excluding hydrogens is 214 g/mol. The summed E-state index contributed by atoms with van der Waals surface area (Å²) in [5.74, 6) is -1.85. The van der Waals surface area contributed by atoms with Gasteiger partial charge in [0.25, 0.3) is 0 Å². The highest BCUT2D eigenvalue weighted by atomic mass is 16.5. The number of esters is 1. The Morgan fingerprint density at radius 1 is 1.50 bits per heavy atom. The minimum atomic E-state index is -1.19. The van der Waals surface area contributed by atoms with Crippen LogP contribution in [-0.4, -0.2) is 33.4 Å². The third-order valence-electron chi connectivity index (χ3n) is 2.07. The molecule has 0 atom stereocenters. The van der Waals surface area contributed by atoms with Crippen molar-refractivity contribution >= 4 is 17.6 Å². The van der Waals surface area contributed by atoms with Crippen molar-refractivity contribution < 1.29 is 19.4 Å². The number of aromatic nitrogens is 2. The molecule has 0 bridgehead atoms. The Bertz CT molecular complexity index is 425. The van der Waals surface area contributed by atoms with E-state index in [1.54, 1.807) is 13.8 Å². The van der Waals surface area contributed by atoms with E-state index in [1.165, 1.54) is 4.68 Å². The van der Waals surface area contributed by atoms with Crippen LogP contribution in [0.15, 0.2) is 0 Å². The lowest BCUT2D eigenvalue weighted by molar-refractivity contribution is -0.155. The molecule has 0 saturated heterocycles. The zero-order chi connectivity index (χ0) is 12.3. The normalized spacial score (nSPS) is 10.1. The lowest BCUT2D eigenvalue weighted by Gasteiger charge is -2.04. The first-order valence-corrected chi connectivity index (χ1v) is 4.58. The molecule has 1 aromatic rings. The average molecular weight is 227 g/mol. The van der Waals surface area contributed by atoms with Crippen LogP contribution in [-0.2, 0) is 20.9 Å². The Morgan fingerprint density at radius 3 is 2.56 bits per heavy atom. The molecule has 0 aliphatic rings. The van der Waals surface area contributed by atoms with E-state index >= 15 is 0 Å². The highest BCUT2D eigenvalue weighted by molar-refractivity contribution is 5.75. The van der Waals surface area contributed by atoms with Gasteiger partial charge in [-0.3, -0.25) is 9.48 Å². The summed E-state index contributed by atoms with van der Waals surface area (Å²) in [6, 6.07) is 0. The molecule has 88 valence electrons. The van der Waals surface area contributed by atoms with Gasteiger partial charge in [0.2, 0.25) is 0 Å². The van der Waals surface area contributed by atoms with Crippen LogP contribution in [0.3, 0.4) is 0 Å². The van der Waals surface area contributed by atoms with E-state index in [9.17, 15) is 9.59 Å². The summed E-state index contributed by atoms with van der Waals surface area (Å²) in [6.45, 7) is 2.66. The summed E-state index contributed by atoms with van der Waals surface area (Å²) in [4.78, 5) is 21.4. The van der Waals surface area contributed by atoms with Crippen molar-refractivity contribution in [3.63, 3.8) is 0 Å². The van der Waals surface area contributed by atoms with Gasteiger partial charge in [-0.1, -0.05) is 0 Å². The molecule has 0 saturated carbocycles. The van der Waals surface area contributed by atoms with Gasteiger partial charge in [0.15, 0.2) is 6.61 Å². The van der Waals surface area contributed by atoms with Gasteiger partial charge in [-0.15, -0.1) is 0 Å². The fraction of sp³-hybridized carbons (Fsp3) is 0.444. The zero-order valence-electron chi connectivity index (χ0n) is 9.06. The number of aliphatic carboxylic acids is 1. The predicted molar refractivity (Wildman–Crippen MR) is 54.7 cm³/mol. The number of aryl methyl sites for hydroxylation is 1. The van der Waals surface area contributed by atoms with Crippen molar-refractivity contribution in [1.29, 1.82) is 0 Å². The Kier molecular flexibility index (Phi) is 3.49. The third kappa shape index (κ3) is 2.72. The Balaban J connectivity index is 2.63. The minimum Gasteiger partial charge on any atom is -0.479 e. The van der Waals surface area contributed by atoms with Gasteiger partial charge >= 0.3 is 11.9 Å². The van der Waals surface area contributed by atoms with Crippen LogP contribution in [0, 0.1) is 13.8 Å². The quantitative estimate of drug-likeness (QED) is 0.684. The van der Waals surface area contributed by atoms with Gasteiger partial charge in [-0.2, -0.15) is 5.10 Å². The number of carboxylic acids is 1. The highest BCUT2D eigenvalue weighted by Gasteiger charge is 2.12. The molecule has 0 aliphatic heterocycles. The van der Waals surface area contributed by atoms with Crippen LogP contribution in [0.5, 0.6) is 0 Å². The maximum Gasteiger partial charge on any atom is 0.341 e. The molecule has 1 rings (SSSR count). The molecule has 0 amide bonds. The van der Waals surface area contributed by atoms with E-state index in [0.717, 1.165) is 0 Å². The second-order valence-corrected chi connectivity index (χ2v) is 3.30. The first-order chi connectivity index (χ1) is 7.41. The molecule has 0 aliphatic carbocycles. The van der Waals surface area contributed by atoms with Crippen molar-refractivity contribution in [1.82, 2.24) is 9.78 Å². The van der Waals surface area contributed by atoms with E-state index in [1.807, 2.05) is 0 Å². The van der Waals surface area contributed by atoms with Crippen molar-refractivity contribution in [2.24, 2.45) is 0 Å². The van der Waals surface area contributed by atoms with Gasteiger partial charge in [-0.25, -0.2) is 4.79 Å². The number of hydrogen-bond donors (Lipinski definition) is 2. The van der Waals surface area contributed by atoms with E-state index < -0.39 is 18.5 Å². The van der Waals surface area contributed by atoms with Gasteiger partial charge in [0.05, 0.1) is 17.1 Å². The van der Waals surface area contributed by atoms with Crippen molar-refractivity contribution in [2.45, 2.75) is 20.4 Å². The highest BCUT2D eigenvalue weighted by Crippen LogP contribution is 2.14. The number of anilines is 1. The number of rotatable bonds is 4. The molecule has 0 aromatic carbocycles. The van der Waals surface area contributed by atoms with Gasteiger partial charge in [0, 0.05) is 0 Å². The third-order valence-corrected chi connectivity index (χ3v) is 2.07. The number of nitrogen functional groups attached to an aromatic ring is 1. The summed E-state index contributed by atoms with van der Waals surface area (Å²) >= 11 is 0. The topological polar surface area (TPSA) is 107 Å².